The summed E-state index contributed by atoms with van der Waals surface area (Å²) in [4.78, 5) is 2.31. The van der Waals surface area contributed by atoms with Gasteiger partial charge < -0.3 is 5.11 Å². The topological polar surface area (TPSA) is 23.5 Å². The molecule has 2 heteroatoms. The van der Waals surface area contributed by atoms with Crippen LogP contribution in [-0.2, 0) is 0 Å². The summed E-state index contributed by atoms with van der Waals surface area (Å²) in [6.45, 7) is 12.4. The van der Waals surface area contributed by atoms with E-state index in [0.29, 0.717) is 6.04 Å². The van der Waals surface area contributed by atoms with Crippen molar-refractivity contribution in [3.05, 3.63) is 0 Å². The van der Waals surface area contributed by atoms with Crippen molar-refractivity contribution in [2.45, 2.75) is 59.1 Å². The van der Waals surface area contributed by atoms with Crippen LogP contribution in [0.25, 0.3) is 0 Å². The lowest BCUT2D eigenvalue weighted by molar-refractivity contribution is -0.00984. The monoisotopic (exact) mass is 187 g/mol. The van der Waals surface area contributed by atoms with Gasteiger partial charge in [0.25, 0.3) is 0 Å². The molecule has 0 aromatic rings. The van der Waals surface area contributed by atoms with Gasteiger partial charge in [-0.15, -0.1) is 0 Å². The van der Waals surface area contributed by atoms with Gasteiger partial charge in [-0.1, -0.05) is 20.8 Å². The van der Waals surface area contributed by atoms with E-state index in [2.05, 4.69) is 39.5 Å². The number of rotatable bonds is 6. The molecule has 0 unspecified atom stereocenters. The Labute approximate surface area is 82.9 Å². The molecular formula is C11H25NO. The maximum absolute atomic E-state index is 10.1. The molecule has 0 fully saturated rings. The molecule has 0 heterocycles. The highest BCUT2D eigenvalue weighted by Crippen LogP contribution is 2.17. The Bertz CT molecular complexity index is 130. The normalized spacial score (nSPS) is 12.9. The highest BCUT2D eigenvalue weighted by molar-refractivity contribution is 4.80. The lowest BCUT2D eigenvalue weighted by Gasteiger charge is -2.34. The van der Waals surface area contributed by atoms with Crippen LogP contribution in [0.15, 0.2) is 0 Å². The fraction of sp³-hybridized carbons (Fsp3) is 1.00. The molecule has 80 valence electrons. The van der Waals surface area contributed by atoms with Crippen molar-refractivity contribution in [1.29, 1.82) is 0 Å². The first-order valence-corrected chi connectivity index (χ1v) is 5.45. The molecule has 0 aliphatic heterocycles. The van der Waals surface area contributed by atoms with Crippen molar-refractivity contribution < 1.29 is 5.11 Å². The fourth-order valence-electron chi connectivity index (χ4n) is 1.51. The van der Waals surface area contributed by atoms with Crippen LogP contribution < -0.4 is 0 Å². The van der Waals surface area contributed by atoms with E-state index in [1.807, 2.05) is 0 Å². The molecule has 0 saturated heterocycles. The Morgan fingerprint density at radius 2 is 1.62 bits per heavy atom. The Kier molecular flexibility index (Phi) is 5.57. The van der Waals surface area contributed by atoms with Crippen molar-refractivity contribution in [3.63, 3.8) is 0 Å². The summed E-state index contributed by atoms with van der Waals surface area (Å²) in [6, 6.07) is 0.523. The van der Waals surface area contributed by atoms with E-state index in [1.54, 1.807) is 0 Å². The minimum Gasteiger partial charge on any atom is -0.389 e. The van der Waals surface area contributed by atoms with Gasteiger partial charge >= 0.3 is 0 Å². The van der Waals surface area contributed by atoms with Crippen LogP contribution >= 0.6 is 0 Å². The first kappa shape index (κ1) is 12.9. The molecule has 0 radical (unpaired) electrons. The maximum Gasteiger partial charge on any atom is 0.0769 e. The van der Waals surface area contributed by atoms with Crippen LogP contribution in [-0.4, -0.2) is 34.7 Å². The van der Waals surface area contributed by atoms with Crippen LogP contribution in [0.4, 0.5) is 0 Å². The summed E-state index contributed by atoms with van der Waals surface area (Å²) < 4.78 is 0. The van der Waals surface area contributed by atoms with Crippen LogP contribution in [0.5, 0.6) is 0 Å². The van der Waals surface area contributed by atoms with Gasteiger partial charge in [-0.3, -0.25) is 4.90 Å². The number of likely N-dealkylation sites (N-methyl/N-ethyl adjacent to an activating group) is 1. The highest BCUT2D eigenvalue weighted by Gasteiger charge is 2.25. The summed E-state index contributed by atoms with van der Waals surface area (Å²) in [5.74, 6) is 0. The predicted molar refractivity (Wildman–Crippen MR) is 57.9 cm³/mol. The van der Waals surface area contributed by atoms with Gasteiger partial charge in [-0.05, 0) is 33.2 Å². The molecule has 0 bridgehead atoms. The maximum atomic E-state index is 10.1. The predicted octanol–water partition coefficient (Wildman–Crippen LogP) is 2.27. The third-order valence-corrected chi connectivity index (χ3v) is 2.95. The van der Waals surface area contributed by atoms with Gasteiger partial charge in [0.15, 0.2) is 0 Å². The Morgan fingerprint density at radius 3 is 1.85 bits per heavy atom. The first-order valence-electron chi connectivity index (χ1n) is 5.45. The minimum absolute atomic E-state index is 0.486. The van der Waals surface area contributed by atoms with E-state index in [9.17, 15) is 5.11 Å². The number of hydrogen-bond donors (Lipinski definition) is 1. The van der Waals surface area contributed by atoms with Gasteiger partial charge in [-0.2, -0.15) is 0 Å². The smallest absolute Gasteiger partial charge is 0.0769 e. The number of nitrogens with zero attached hydrogens (tertiary/aromatic N) is 1. The van der Waals surface area contributed by atoms with Gasteiger partial charge in [0, 0.05) is 12.6 Å². The van der Waals surface area contributed by atoms with Gasteiger partial charge in [0.1, 0.15) is 0 Å². The second-order valence-electron chi connectivity index (χ2n) is 4.09. The average Bonchev–Trinajstić information content (AvgIpc) is 2.13. The summed E-state index contributed by atoms with van der Waals surface area (Å²) in [5.41, 5.74) is -0.486. The third kappa shape index (κ3) is 4.10. The van der Waals surface area contributed by atoms with Crippen LogP contribution in [0.1, 0.15) is 47.5 Å². The van der Waals surface area contributed by atoms with E-state index in [-0.39, 0.29) is 0 Å². The molecular weight excluding hydrogens is 162 g/mol. The molecule has 2 nitrogen and oxygen atoms in total. The molecule has 0 amide bonds. The number of aliphatic hydroxyl groups is 1. The molecule has 0 aromatic heterocycles. The van der Waals surface area contributed by atoms with E-state index >= 15 is 0 Å². The molecule has 0 saturated carbocycles. The summed E-state index contributed by atoms with van der Waals surface area (Å²) in [6.07, 6.45) is 1.68. The molecule has 0 aliphatic carbocycles. The Hall–Kier alpha value is -0.0800. The van der Waals surface area contributed by atoms with E-state index in [0.717, 1.165) is 25.9 Å². The zero-order valence-electron chi connectivity index (χ0n) is 9.80. The van der Waals surface area contributed by atoms with Crippen molar-refractivity contribution in [1.82, 2.24) is 4.90 Å². The SMILES string of the molecule is CCN(CC(O)(CC)CC)C(C)C. The Balaban J connectivity index is 4.19. The summed E-state index contributed by atoms with van der Waals surface area (Å²) >= 11 is 0. The second kappa shape index (κ2) is 5.61. The average molecular weight is 187 g/mol. The summed E-state index contributed by atoms with van der Waals surface area (Å²) in [5, 5.41) is 10.1. The zero-order valence-corrected chi connectivity index (χ0v) is 9.80. The van der Waals surface area contributed by atoms with Gasteiger partial charge in [0.05, 0.1) is 5.60 Å². The molecule has 1 N–H and O–H groups in total. The lowest BCUT2D eigenvalue weighted by atomic mass is 9.96. The highest BCUT2D eigenvalue weighted by atomic mass is 16.3. The van der Waals surface area contributed by atoms with Crippen LogP contribution in [0.3, 0.4) is 0 Å². The first-order chi connectivity index (χ1) is 5.99. The van der Waals surface area contributed by atoms with E-state index < -0.39 is 5.60 Å². The molecule has 0 aromatic carbocycles. The quantitative estimate of drug-likeness (QED) is 0.689. The zero-order chi connectivity index (χ0) is 10.5. The minimum atomic E-state index is -0.486. The van der Waals surface area contributed by atoms with Crippen molar-refractivity contribution in [3.8, 4) is 0 Å². The van der Waals surface area contributed by atoms with Crippen molar-refractivity contribution in [2.24, 2.45) is 0 Å². The van der Waals surface area contributed by atoms with E-state index in [4.69, 9.17) is 0 Å². The Morgan fingerprint density at radius 1 is 1.15 bits per heavy atom. The lowest BCUT2D eigenvalue weighted by Crippen LogP contribution is -2.45. The molecule has 13 heavy (non-hydrogen) atoms. The van der Waals surface area contributed by atoms with Crippen molar-refractivity contribution in [2.75, 3.05) is 13.1 Å². The van der Waals surface area contributed by atoms with Crippen molar-refractivity contribution >= 4 is 0 Å². The molecule has 0 aliphatic rings. The van der Waals surface area contributed by atoms with Crippen LogP contribution in [0.2, 0.25) is 0 Å². The molecule has 0 atom stereocenters. The summed E-state index contributed by atoms with van der Waals surface area (Å²) in [7, 11) is 0. The molecule has 0 rings (SSSR count). The largest absolute Gasteiger partial charge is 0.389 e. The second-order valence-corrected chi connectivity index (χ2v) is 4.09. The fourth-order valence-corrected chi connectivity index (χ4v) is 1.51. The van der Waals surface area contributed by atoms with Gasteiger partial charge in [-0.25, -0.2) is 0 Å². The standard InChI is InChI=1S/C11H25NO/c1-6-11(13,7-2)9-12(8-3)10(4)5/h10,13H,6-9H2,1-5H3. The molecule has 0 spiro atoms. The number of hydrogen-bond acceptors (Lipinski definition) is 2. The van der Waals surface area contributed by atoms with E-state index in [1.165, 1.54) is 0 Å². The van der Waals surface area contributed by atoms with Crippen LogP contribution in [0, 0.1) is 0 Å². The van der Waals surface area contributed by atoms with Gasteiger partial charge in [0.2, 0.25) is 0 Å². The third-order valence-electron chi connectivity index (χ3n) is 2.95.